The van der Waals surface area contributed by atoms with E-state index in [9.17, 15) is 5.11 Å². The van der Waals surface area contributed by atoms with Crippen molar-refractivity contribution in [3.05, 3.63) is 0 Å². The van der Waals surface area contributed by atoms with Gasteiger partial charge in [0.15, 0.2) is 0 Å². The molecule has 2 nitrogen and oxygen atoms in total. The van der Waals surface area contributed by atoms with Gasteiger partial charge in [-0.3, -0.25) is 0 Å². The maximum atomic E-state index is 9.62. The number of nitrogens with one attached hydrogen (secondary N) is 1. The van der Waals surface area contributed by atoms with Crippen LogP contribution in [0.1, 0.15) is 66.2 Å². The van der Waals surface area contributed by atoms with Crippen molar-refractivity contribution in [2.45, 2.75) is 77.9 Å². The summed E-state index contributed by atoms with van der Waals surface area (Å²) in [5.41, 5.74) is 0.223. The number of aliphatic hydroxyl groups excluding tert-OH is 1. The summed E-state index contributed by atoms with van der Waals surface area (Å²) >= 11 is 0. The molecule has 0 spiro atoms. The lowest BCUT2D eigenvalue weighted by Crippen LogP contribution is -2.36. The van der Waals surface area contributed by atoms with Gasteiger partial charge < -0.3 is 10.4 Å². The average molecular weight is 215 g/mol. The summed E-state index contributed by atoms with van der Waals surface area (Å²) in [5.74, 6) is 0. The van der Waals surface area contributed by atoms with Crippen molar-refractivity contribution in [2.24, 2.45) is 0 Å². The van der Waals surface area contributed by atoms with Crippen LogP contribution in [0.3, 0.4) is 0 Å². The van der Waals surface area contributed by atoms with E-state index in [0.717, 1.165) is 32.2 Å². The number of hydrogen-bond donors (Lipinski definition) is 2. The van der Waals surface area contributed by atoms with Crippen molar-refractivity contribution < 1.29 is 5.11 Å². The minimum Gasteiger partial charge on any atom is -0.393 e. The summed E-state index contributed by atoms with van der Waals surface area (Å²) in [7, 11) is 0. The van der Waals surface area contributed by atoms with E-state index in [4.69, 9.17) is 0 Å². The second kappa shape index (κ2) is 8.12. The molecule has 0 rings (SSSR count). The summed E-state index contributed by atoms with van der Waals surface area (Å²) in [6.45, 7) is 9.78. The predicted molar refractivity (Wildman–Crippen MR) is 67.1 cm³/mol. The molecule has 2 N–H and O–H groups in total. The molecule has 0 heterocycles. The van der Waals surface area contributed by atoms with E-state index in [2.05, 4.69) is 33.0 Å². The van der Waals surface area contributed by atoms with Gasteiger partial charge in [-0.1, -0.05) is 19.8 Å². The minimum absolute atomic E-state index is 0.0698. The van der Waals surface area contributed by atoms with E-state index >= 15 is 0 Å². The summed E-state index contributed by atoms with van der Waals surface area (Å²) in [5, 5.41) is 13.1. The Balaban J connectivity index is 3.23. The first-order valence-corrected chi connectivity index (χ1v) is 6.39. The van der Waals surface area contributed by atoms with E-state index in [-0.39, 0.29) is 11.6 Å². The number of aliphatic hydroxyl groups is 1. The van der Waals surface area contributed by atoms with Crippen LogP contribution in [0, 0.1) is 0 Å². The van der Waals surface area contributed by atoms with Crippen LogP contribution in [-0.4, -0.2) is 23.3 Å². The molecule has 1 unspecified atom stereocenters. The highest BCUT2D eigenvalue weighted by molar-refractivity contribution is 4.69. The lowest BCUT2D eigenvalue weighted by atomic mass is 10.1. The Labute approximate surface area is 95.5 Å². The van der Waals surface area contributed by atoms with Crippen LogP contribution in [0.15, 0.2) is 0 Å². The molecule has 0 radical (unpaired) electrons. The van der Waals surface area contributed by atoms with Crippen LogP contribution in [-0.2, 0) is 0 Å². The zero-order valence-electron chi connectivity index (χ0n) is 11.0. The standard InChI is InChI=1S/C13H29NO/c1-5-6-9-12(15)10-7-8-11-14-13(2,3)4/h12,14-15H,5-11H2,1-4H3. The first kappa shape index (κ1) is 14.9. The molecule has 0 aliphatic rings. The van der Waals surface area contributed by atoms with Crippen LogP contribution in [0.2, 0.25) is 0 Å². The maximum Gasteiger partial charge on any atom is 0.0540 e. The van der Waals surface area contributed by atoms with Crippen molar-refractivity contribution in [3.63, 3.8) is 0 Å². The average Bonchev–Trinajstić information content (AvgIpc) is 2.12. The van der Waals surface area contributed by atoms with E-state index in [1.807, 2.05) is 0 Å². The molecule has 0 saturated carbocycles. The van der Waals surface area contributed by atoms with Gasteiger partial charge in [0.1, 0.15) is 0 Å². The fourth-order valence-corrected chi connectivity index (χ4v) is 1.55. The quantitative estimate of drug-likeness (QED) is 0.610. The Hall–Kier alpha value is -0.0800. The third-order valence-electron chi connectivity index (χ3n) is 2.51. The molecule has 0 aromatic rings. The molecule has 15 heavy (non-hydrogen) atoms. The fourth-order valence-electron chi connectivity index (χ4n) is 1.55. The van der Waals surface area contributed by atoms with Gasteiger partial charge in [0.25, 0.3) is 0 Å². The number of hydrogen-bond acceptors (Lipinski definition) is 2. The SMILES string of the molecule is CCCCC(O)CCCCNC(C)(C)C. The van der Waals surface area contributed by atoms with Crippen molar-refractivity contribution in [3.8, 4) is 0 Å². The Morgan fingerprint density at radius 2 is 1.67 bits per heavy atom. The smallest absolute Gasteiger partial charge is 0.0540 e. The van der Waals surface area contributed by atoms with Gasteiger partial charge in [-0.2, -0.15) is 0 Å². The predicted octanol–water partition coefficient (Wildman–Crippen LogP) is 3.10. The Morgan fingerprint density at radius 1 is 1.07 bits per heavy atom. The second-order valence-corrected chi connectivity index (χ2v) is 5.47. The lowest BCUT2D eigenvalue weighted by molar-refractivity contribution is 0.148. The van der Waals surface area contributed by atoms with Crippen molar-refractivity contribution in [1.29, 1.82) is 0 Å². The third kappa shape index (κ3) is 11.8. The fraction of sp³-hybridized carbons (Fsp3) is 1.00. The second-order valence-electron chi connectivity index (χ2n) is 5.47. The molecular weight excluding hydrogens is 186 g/mol. The molecule has 0 saturated heterocycles. The van der Waals surface area contributed by atoms with Gasteiger partial charge in [-0.05, 0) is 53.0 Å². The molecule has 92 valence electrons. The normalized spacial score (nSPS) is 14.2. The summed E-state index contributed by atoms with van der Waals surface area (Å²) < 4.78 is 0. The molecule has 0 bridgehead atoms. The van der Waals surface area contributed by atoms with E-state index in [1.54, 1.807) is 0 Å². The summed E-state index contributed by atoms with van der Waals surface area (Å²) in [6.07, 6.45) is 6.51. The maximum absolute atomic E-state index is 9.62. The van der Waals surface area contributed by atoms with E-state index in [0.29, 0.717) is 0 Å². The first-order chi connectivity index (χ1) is 6.95. The topological polar surface area (TPSA) is 32.3 Å². The number of rotatable bonds is 8. The van der Waals surface area contributed by atoms with Crippen molar-refractivity contribution in [1.82, 2.24) is 5.32 Å². The molecule has 2 heteroatoms. The molecule has 0 fully saturated rings. The molecular formula is C13H29NO. The molecule has 0 aliphatic heterocycles. The Morgan fingerprint density at radius 3 is 2.20 bits per heavy atom. The van der Waals surface area contributed by atoms with Crippen molar-refractivity contribution in [2.75, 3.05) is 6.54 Å². The molecule has 0 amide bonds. The monoisotopic (exact) mass is 215 g/mol. The zero-order valence-corrected chi connectivity index (χ0v) is 11.0. The van der Waals surface area contributed by atoms with Gasteiger partial charge in [0, 0.05) is 5.54 Å². The van der Waals surface area contributed by atoms with Gasteiger partial charge in [0.05, 0.1) is 6.10 Å². The highest BCUT2D eigenvalue weighted by Gasteiger charge is 2.07. The van der Waals surface area contributed by atoms with Gasteiger partial charge in [0.2, 0.25) is 0 Å². The van der Waals surface area contributed by atoms with Gasteiger partial charge >= 0.3 is 0 Å². The molecule has 0 aromatic heterocycles. The summed E-state index contributed by atoms with van der Waals surface area (Å²) in [6, 6.07) is 0. The highest BCUT2D eigenvalue weighted by atomic mass is 16.3. The molecule has 1 atom stereocenters. The van der Waals surface area contributed by atoms with Crippen molar-refractivity contribution >= 4 is 0 Å². The van der Waals surface area contributed by atoms with Gasteiger partial charge in [-0.25, -0.2) is 0 Å². The Kier molecular flexibility index (Phi) is 8.07. The van der Waals surface area contributed by atoms with Crippen LogP contribution in [0.4, 0.5) is 0 Å². The van der Waals surface area contributed by atoms with E-state index < -0.39 is 0 Å². The van der Waals surface area contributed by atoms with Crippen LogP contribution in [0.25, 0.3) is 0 Å². The highest BCUT2D eigenvalue weighted by Crippen LogP contribution is 2.08. The third-order valence-corrected chi connectivity index (χ3v) is 2.51. The molecule has 0 aliphatic carbocycles. The zero-order chi connectivity index (χ0) is 11.7. The Bertz CT molecular complexity index is 140. The van der Waals surface area contributed by atoms with Crippen LogP contribution in [0.5, 0.6) is 0 Å². The largest absolute Gasteiger partial charge is 0.393 e. The van der Waals surface area contributed by atoms with Crippen LogP contribution >= 0.6 is 0 Å². The number of unbranched alkanes of at least 4 members (excludes halogenated alkanes) is 2. The minimum atomic E-state index is -0.0698. The summed E-state index contributed by atoms with van der Waals surface area (Å²) in [4.78, 5) is 0. The first-order valence-electron chi connectivity index (χ1n) is 6.39. The van der Waals surface area contributed by atoms with Crippen LogP contribution < -0.4 is 5.32 Å². The van der Waals surface area contributed by atoms with E-state index in [1.165, 1.54) is 12.8 Å². The molecule has 0 aromatic carbocycles. The lowest BCUT2D eigenvalue weighted by Gasteiger charge is -2.20. The van der Waals surface area contributed by atoms with Gasteiger partial charge in [-0.15, -0.1) is 0 Å².